The van der Waals surface area contributed by atoms with Crippen molar-refractivity contribution in [3.05, 3.63) is 53.5 Å². The summed E-state index contributed by atoms with van der Waals surface area (Å²) in [6, 6.07) is 7.83. The summed E-state index contributed by atoms with van der Waals surface area (Å²) in [5.74, 6) is 0.805. The van der Waals surface area contributed by atoms with E-state index in [-0.39, 0.29) is 0 Å². The van der Waals surface area contributed by atoms with Crippen molar-refractivity contribution in [2.75, 3.05) is 0 Å². The average Bonchev–Trinajstić information content (AvgIpc) is 2.26. The van der Waals surface area contributed by atoms with Gasteiger partial charge in [-0.2, -0.15) is 0 Å². The molecule has 0 amide bonds. The maximum absolute atomic E-state index is 9.89. The van der Waals surface area contributed by atoms with Crippen LogP contribution in [0, 0.1) is 0 Å². The molecule has 0 spiro atoms. The molecule has 1 aliphatic carbocycles. The van der Waals surface area contributed by atoms with Crippen LogP contribution in [0.2, 0.25) is 0 Å². The first kappa shape index (κ1) is 9.99. The van der Waals surface area contributed by atoms with Crippen LogP contribution in [0.1, 0.15) is 30.6 Å². The Morgan fingerprint density at radius 1 is 1.40 bits per heavy atom. The number of ether oxygens (including phenoxy) is 1. The Morgan fingerprint density at radius 3 is 3.00 bits per heavy atom. The molecule has 1 aromatic carbocycles. The van der Waals surface area contributed by atoms with Gasteiger partial charge in [-0.3, -0.25) is 0 Å². The van der Waals surface area contributed by atoms with Crippen molar-refractivity contribution in [3.8, 4) is 0 Å². The Bertz CT molecular complexity index is 405. The second kappa shape index (κ2) is 4.32. The molecule has 0 saturated heterocycles. The molecule has 0 aromatic heterocycles. The normalized spacial score (nSPS) is 19.9. The fourth-order valence-corrected chi connectivity index (χ4v) is 1.72. The Labute approximate surface area is 89.5 Å². The number of aliphatic hydroxyl groups is 1. The number of aliphatic hydroxyl groups excluding tert-OH is 1. The van der Waals surface area contributed by atoms with Gasteiger partial charge in [0.1, 0.15) is 5.76 Å². The van der Waals surface area contributed by atoms with Gasteiger partial charge in [-0.15, -0.1) is 0 Å². The Kier molecular flexibility index (Phi) is 2.88. The molecule has 2 rings (SSSR count). The zero-order chi connectivity index (χ0) is 10.7. The minimum Gasteiger partial charge on any atom is -0.470 e. The molecule has 2 heteroatoms. The fraction of sp³-hybridized carbons (Fsp3) is 0.231. The highest BCUT2D eigenvalue weighted by Gasteiger charge is 2.18. The molecule has 0 unspecified atom stereocenters. The van der Waals surface area contributed by atoms with Gasteiger partial charge in [0.2, 0.25) is 0 Å². The molecule has 78 valence electrons. The first-order valence-corrected chi connectivity index (χ1v) is 5.06. The zero-order valence-corrected chi connectivity index (χ0v) is 8.68. The maximum atomic E-state index is 9.89. The van der Waals surface area contributed by atoms with Crippen LogP contribution in [0.4, 0.5) is 0 Å². The summed E-state index contributed by atoms with van der Waals surface area (Å²) in [5, 5.41) is 9.89. The molecule has 0 fully saturated rings. The first-order valence-electron chi connectivity index (χ1n) is 5.06. The summed E-state index contributed by atoms with van der Waals surface area (Å²) in [6.07, 6.45) is 5.52. The predicted octanol–water partition coefficient (Wildman–Crippen LogP) is 3.01. The van der Waals surface area contributed by atoms with Gasteiger partial charge >= 0.3 is 0 Å². The SMILES string of the molecule is C/C=C\OC1=Cc2ccccc2[C@@H](O)C1. The molecule has 1 aromatic rings. The van der Waals surface area contributed by atoms with E-state index in [0.717, 1.165) is 16.9 Å². The minimum atomic E-state index is -0.452. The number of hydrogen-bond acceptors (Lipinski definition) is 2. The standard InChI is InChI=1S/C13H14O2/c1-2-7-15-11-8-10-5-3-4-6-12(10)13(14)9-11/h2-8,13-14H,9H2,1H3/b7-2-/t13-/m0/s1. The van der Waals surface area contributed by atoms with Crippen molar-refractivity contribution in [2.24, 2.45) is 0 Å². The third-order valence-electron chi connectivity index (χ3n) is 2.42. The van der Waals surface area contributed by atoms with Crippen LogP contribution >= 0.6 is 0 Å². The molecule has 1 aliphatic rings. The van der Waals surface area contributed by atoms with Gasteiger partial charge in [0, 0.05) is 6.42 Å². The second-order valence-electron chi connectivity index (χ2n) is 3.55. The van der Waals surface area contributed by atoms with Crippen molar-refractivity contribution < 1.29 is 9.84 Å². The summed E-state index contributed by atoms with van der Waals surface area (Å²) in [4.78, 5) is 0. The van der Waals surface area contributed by atoms with Gasteiger partial charge in [0.05, 0.1) is 12.4 Å². The molecule has 0 bridgehead atoms. The van der Waals surface area contributed by atoms with E-state index in [4.69, 9.17) is 4.74 Å². The minimum absolute atomic E-state index is 0.452. The molecule has 1 N–H and O–H groups in total. The molecule has 2 nitrogen and oxygen atoms in total. The molecule has 0 saturated carbocycles. The van der Waals surface area contributed by atoms with Crippen LogP contribution < -0.4 is 0 Å². The lowest BCUT2D eigenvalue weighted by Gasteiger charge is -2.20. The van der Waals surface area contributed by atoms with E-state index in [1.54, 1.807) is 6.26 Å². The van der Waals surface area contributed by atoms with Crippen molar-refractivity contribution >= 4 is 6.08 Å². The summed E-state index contributed by atoms with van der Waals surface area (Å²) < 4.78 is 5.38. The molecular formula is C13H14O2. The highest BCUT2D eigenvalue weighted by Crippen LogP contribution is 2.31. The van der Waals surface area contributed by atoms with E-state index >= 15 is 0 Å². The lowest BCUT2D eigenvalue weighted by atomic mass is 9.94. The number of hydrogen-bond donors (Lipinski definition) is 1. The first-order chi connectivity index (χ1) is 7.31. The molecule has 1 atom stereocenters. The Hall–Kier alpha value is -1.54. The second-order valence-corrected chi connectivity index (χ2v) is 3.55. The van der Waals surface area contributed by atoms with Gasteiger partial charge in [-0.25, -0.2) is 0 Å². The van der Waals surface area contributed by atoms with E-state index < -0.39 is 6.10 Å². The van der Waals surface area contributed by atoms with Gasteiger partial charge in [0.15, 0.2) is 0 Å². The van der Waals surface area contributed by atoms with Crippen molar-refractivity contribution in [1.29, 1.82) is 0 Å². The number of rotatable bonds is 2. The molecular weight excluding hydrogens is 188 g/mol. The molecule has 0 heterocycles. The van der Waals surface area contributed by atoms with Gasteiger partial charge in [0.25, 0.3) is 0 Å². The number of benzene rings is 1. The Morgan fingerprint density at radius 2 is 2.20 bits per heavy atom. The number of fused-ring (bicyclic) bond motifs is 1. The molecule has 0 radical (unpaired) electrons. The third-order valence-corrected chi connectivity index (χ3v) is 2.42. The number of allylic oxidation sites excluding steroid dienone is 1. The maximum Gasteiger partial charge on any atom is 0.107 e. The Balaban J connectivity index is 2.30. The summed E-state index contributed by atoms with van der Waals surface area (Å²) in [5.41, 5.74) is 2.01. The highest BCUT2D eigenvalue weighted by molar-refractivity contribution is 5.59. The van der Waals surface area contributed by atoms with E-state index in [1.807, 2.05) is 43.3 Å². The smallest absolute Gasteiger partial charge is 0.107 e. The van der Waals surface area contributed by atoms with Gasteiger partial charge in [-0.05, 0) is 24.1 Å². The molecule has 15 heavy (non-hydrogen) atoms. The van der Waals surface area contributed by atoms with Crippen molar-refractivity contribution in [2.45, 2.75) is 19.4 Å². The van der Waals surface area contributed by atoms with Crippen molar-refractivity contribution in [3.63, 3.8) is 0 Å². The highest BCUT2D eigenvalue weighted by atomic mass is 16.5. The van der Waals surface area contributed by atoms with Gasteiger partial charge in [-0.1, -0.05) is 30.3 Å². The zero-order valence-electron chi connectivity index (χ0n) is 8.68. The van der Waals surface area contributed by atoms with Crippen LogP contribution in [0.3, 0.4) is 0 Å². The van der Waals surface area contributed by atoms with E-state index in [1.165, 1.54) is 0 Å². The van der Waals surface area contributed by atoms with Gasteiger partial charge < -0.3 is 9.84 Å². The van der Waals surface area contributed by atoms with E-state index in [0.29, 0.717) is 6.42 Å². The van der Waals surface area contributed by atoms with Crippen molar-refractivity contribution in [1.82, 2.24) is 0 Å². The van der Waals surface area contributed by atoms with E-state index in [9.17, 15) is 5.11 Å². The van der Waals surface area contributed by atoms with Crippen LogP contribution in [0.5, 0.6) is 0 Å². The van der Waals surface area contributed by atoms with E-state index in [2.05, 4.69) is 0 Å². The van der Waals surface area contributed by atoms with Crippen LogP contribution in [-0.2, 0) is 4.74 Å². The lowest BCUT2D eigenvalue weighted by Crippen LogP contribution is -2.07. The predicted molar refractivity (Wildman–Crippen MR) is 59.9 cm³/mol. The monoisotopic (exact) mass is 202 g/mol. The largest absolute Gasteiger partial charge is 0.470 e. The average molecular weight is 202 g/mol. The summed E-state index contributed by atoms with van der Waals surface area (Å²) >= 11 is 0. The van der Waals surface area contributed by atoms with Crippen LogP contribution in [-0.4, -0.2) is 5.11 Å². The fourth-order valence-electron chi connectivity index (χ4n) is 1.72. The van der Waals surface area contributed by atoms with Crippen LogP contribution in [0.15, 0.2) is 42.4 Å². The summed E-state index contributed by atoms with van der Waals surface area (Å²) in [7, 11) is 0. The topological polar surface area (TPSA) is 29.5 Å². The summed E-state index contributed by atoms with van der Waals surface area (Å²) in [6.45, 7) is 1.90. The quantitative estimate of drug-likeness (QED) is 0.747. The lowest BCUT2D eigenvalue weighted by molar-refractivity contribution is 0.155. The molecule has 0 aliphatic heterocycles. The van der Waals surface area contributed by atoms with Crippen LogP contribution in [0.25, 0.3) is 6.08 Å². The third kappa shape index (κ3) is 2.10.